The first-order chi connectivity index (χ1) is 12.5. The van der Waals surface area contributed by atoms with Crippen LogP contribution in [0.4, 0.5) is 5.69 Å². The molecule has 1 heterocycles. The minimum absolute atomic E-state index is 0.0154. The van der Waals surface area contributed by atoms with Crippen LogP contribution in [0.1, 0.15) is 16.1 Å². The summed E-state index contributed by atoms with van der Waals surface area (Å²) >= 11 is 5.85. The molecule has 3 rings (SSSR count). The number of hydrogen-bond acceptors (Lipinski definition) is 5. The van der Waals surface area contributed by atoms with Gasteiger partial charge in [-0.15, -0.1) is 0 Å². The quantitative estimate of drug-likeness (QED) is 0.407. The van der Waals surface area contributed by atoms with Gasteiger partial charge in [0.05, 0.1) is 16.8 Å². The fourth-order valence-corrected chi connectivity index (χ4v) is 2.24. The largest absolute Gasteiger partial charge is 0.289 e. The number of aromatic amines is 1. The van der Waals surface area contributed by atoms with E-state index in [-0.39, 0.29) is 11.4 Å². The van der Waals surface area contributed by atoms with Crippen LogP contribution in [-0.4, -0.2) is 27.2 Å². The normalized spacial score (nSPS) is 10.8. The zero-order valence-electron chi connectivity index (χ0n) is 13.2. The molecule has 0 unspecified atom stereocenters. The van der Waals surface area contributed by atoms with E-state index in [0.29, 0.717) is 16.3 Å². The van der Waals surface area contributed by atoms with E-state index >= 15 is 0 Å². The van der Waals surface area contributed by atoms with Gasteiger partial charge in [0.25, 0.3) is 11.6 Å². The molecule has 26 heavy (non-hydrogen) atoms. The smallest absolute Gasteiger partial charge is 0.272 e. The molecule has 1 amide bonds. The van der Waals surface area contributed by atoms with Crippen molar-refractivity contribution in [3.63, 3.8) is 0 Å². The molecule has 0 bridgehead atoms. The van der Waals surface area contributed by atoms with Gasteiger partial charge in [-0.3, -0.25) is 20.0 Å². The van der Waals surface area contributed by atoms with Crippen LogP contribution in [0.15, 0.2) is 59.7 Å². The summed E-state index contributed by atoms with van der Waals surface area (Å²) in [7, 11) is 0. The van der Waals surface area contributed by atoms with Gasteiger partial charge < -0.3 is 0 Å². The van der Waals surface area contributed by atoms with Crippen molar-refractivity contribution >= 4 is 29.4 Å². The van der Waals surface area contributed by atoms with Gasteiger partial charge in [0.2, 0.25) is 0 Å². The van der Waals surface area contributed by atoms with Gasteiger partial charge in [-0.05, 0) is 35.9 Å². The van der Waals surface area contributed by atoms with Gasteiger partial charge in [0.1, 0.15) is 5.69 Å². The van der Waals surface area contributed by atoms with Gasteiger partial charge in [0, 0.05) is 22.7 Å². The number of hydrazone groups is 1. The summed E-state index contributed by atoms with van der Waals surface area (Å²) in [5.41, 5.74) is 4.63. The average Bonchev–Trinajstić information content (AvgIpc) is 3.13. The number of nitro groups is 1. The maximum Gasteiger partial charge on any atom is 0.289 e. The zero-order chi connectivity index (χ0) is 18.5. The summed E-state index contributed by atoms with van der Waals surface area (Å²) < 4.78 is 0. The molecule has 0 atom stereocenters. The molecule has 0 fully saturated rings. The SMILES string of the molecule is O=C(N/N=C/c1ccc([N+](=O)[O-])cc1)c1cc(-c2ccc(Cl)cc2)n[nH]1. The van der Waals surface area contributed by atoms with Gasteiger partial charge >= 0.3 is 0 Å². The van der Waals surface area contributed by atoms with E-state index in [2.05, 4.69) is 20.7 Å². The fourth-order valence-electron chi connectivity index (χ4n) is 2.11. The number of nitro benzene ring substituents is 1. The number of nitrogens with one attached hydrogen (secondary N) is 2. The summed E-state index contributed by atoms with van der Waals surface area (Å²) in [4.78, 5) is 22.2. The molecule has 8 nitrogen and oxygen atoms in total. The molecule has 2 aromatic carbocycles. The van der Waals surface area contributed by atoms with E-state index in [0.717, 1.165) is 5.56 Å². The maximum absolute atomic E-state index is 12.1. The van der Waals surface area contributed by atoms with E-state index in [1.54, 1.807) is 30.3 Å². The molecule has 0 radical (unpaired) electrons. The van der Waals surface area contributed by atoms with E-state index in [9.17, 15) is 14.9 Å². The lowest BCUT2D eigenvalue weighted by Gasteiger charge is -1.96. The average molecular weight is 370 g/mol. The van der Waals surface area contributed by atoms with Crippen molar-refractivity contribution in [2.75, 3.05) is 0 Å². The van der Waals surface area contributed by atoms with Crippen molar-refractivity contribution in [1.29, 1.82) is 0 Å². The van der Waals surface area contributed by atoms with Crippen molar-refractivity contribution in [3.05, 3.63) is 81.0 Å². The first-order valence-electron chi connectivity index (χ1n) is 7.42. The summed E-state index contributed by atoms with van der Waals surface area (Å²) in [6, 6.07) is 14.4. The Hall–Kier alpha value is -3.52. The highest BCUT2D eigenvalue weighted by molar-refractivity contribution is 6.30. The van der Waals surface area contributed by atoms with Crippen molar-refractivity contribution in [2.24, 2.45) is 5.10 Å². The van der Waals surface area contributed by atoms with Gasteiger partial charge in [-0.1, -0.05) is 23.7 Å². The standard InChI is InChI=1S/C17H12ClN5O3/c18-13-5-3-12(4-6-13)15-9-16(21-20-15)17(24)22-19-10-11-1-7-14(8-2-11)23(25)26/h1-10H,(H,20,21)(H,22,24)/b19-10+. The number of H-pyrrole nitrogens is 1. The lowest BCUT2D eigenvalue weighted by atomic mass is 10.1. The number of carbonyl (C=O) groups is 1. The maximum atomic E-state index is 12.1. The van der Waals surface area contributed by atoms with Crippen LogP contribution in [-0.2, 0) is 0 Å². The van der Waals surface area contributed by atoms with Crippen LogP contribution >= 0.6 is 11.6 Å². The molecular weight excluding hydrogens is 358 g/mol. The van der Waals surface area contributed by atoms with Crippen LogP contribution in [0.2, 0.25) is 5.02 Å². The third-order valence-electron chi connectivity index (χ3n) is 3.45. The van der Waals surface area contributed by atoms with Gasteiger partial charge in [0.15, 0.2) is 0 Å². The highest BCUT2D eigenvalue weighted by Crippen LogP contribution is 2.20. The van der Waals surface area contributed by atoms with Crippen LogP contribution in [0.5, 0.6) is 0 Å². The first-order valence-corrected chi connectivity index (χ1v) is 7.80. The Bertz CT molecular complexity index is 965. The second-order valence-corrected chi connectivity index (χ2v) is 5.66. The predicted octanol–water partition coefficient (Wildman–Crippen LogP) is 3.40. The summed E-state index contributed by atoms with van der Waals surface area (Å²) in [5.74, 6) is -0.462. The molecule has 3 aromatic rings. The molecule has 0 aliphatic rings. The van der Waals surface area contributed by atoms with E-state index in [1.807, 2.05) is 0 Å². The Kier molecular flexibility index (Phi) is 5.04. The molecular formula is C17H12ClN5O3. The summed E-state index contributed by atoms with van der Waals surface area (Å²) in [5, 5.41) is 21.8. The fraction of sp³-hybridized carbons (Fsp3) is 0. The Morgan fingerprint density at radius 2 is 1.88 bits per heavy atom. The van der Waals surface area contributed by atoms with E-state index in [1.165, 1.54) is 30.5 Å². The molecule has 130 valence electrons. The summed E-state index contributed by atoms with van der Waals surface area (Å²) in [6.45, 7) is 0. The Balaban J connectivity index is 1.63. The predicted molar refractivity (Wildman–Crippen MR) is 97.2 cm³/mol. The van der Waals surface area contributed by atoms with Crippen LogP contribution in [0.25, 0.3) is 11.3 Å². The molecule has 0 saturated carbocycles. The Morgan fingerprint density at radius 3 is 2.54 bits per heavy atom. The lowest BCUT2D eigenvalue weighted by molar-refractivity contribution is -0.384. The van der Waals surface area contributed by atoms with E-state index in [4.69, 9.17) is 11.6 Å². The number of non-ortho nitro benzene ring substituents is 1. The molecule has 1 aromatic heterocycles. The lowest BCUT2D eigenvalue weighted by Crippen LogP contribution is -2.17. The Morgan fingerprint density at radius 1 is 1.19 bits per heavy atom. The van der Waals surface area contributed by atoms with Crippen molar-refractivity contribution in [2.45, 2.75) is 0 Å². The highest BCUT2D eigenvalue weighted by atomic mass is 35.5. The third kappa shape index (κ3) is 4.11. The second-order valence-electron chi connectivity index (χ2n) is 5.22. The topological polar surface area (TPSA) is 113 Å². The minimum Gasteiger partial charge on any atom is -0.272 e. The van der Waals surface area contributed by atoms with Crippen LogP contribution < -0.4 is 5.43 Å². The number of benzene rings is 2. The van der Waals surface area contributed by atoms with Crippen LogP contribution in [0, 0.1) is 10.1 Å². The number of hydrogen-bond donors (Lipinski definition) is 2. The number of aromatic nitrogens is 2. The molecule has 0 aliphatic heterocycles. The highest BCUT2D eigenvalue weighted by Gasteiger charge is 2.10. The Labute approximate surface area is 152 Å². The molecule has 9 heteroatoms. The van der Waals surface area contributed by atoms with Crippen molar-refractivity contribution < 1.29 is 9.72 Å². The third-order valence-corrected chi connectivity index (χ3v) is 3.70. The minimum atomic E-state index is -0.487. The molecule has 0 spiro atoms. The first kappa shape index (κ1) is 17.3. The van der Waals surface area contributed by atoms with Crippen LogP contribution in [0.3, 0.4) is 0 Å². The second kappa shape index (κ2) is 7.58. The number of amides is 1. The van der Waals surface area contributed by atoms with E-state index < -0.39 is 10.8 Å². The number of carbonyl (C=O) groups excluding carboxylic acids is 1. The number of nitrogens with zero attached hydrogens (tertiary/aromatic N) is 3. The summed E-state index contributed by atoms with van der Waals surface area (Å²) in [6.07, 6.45) is 1.39. The zero-order valence-corrected chi connectivity index (χ0v) is 14.0. The van der Waals surface area contributed by atoms with Crippen molar-refractivity contribution in [3.8, 4) is 11.3 Å². The molecule has 2 N–H and O–H groups in total. The van der Waals surface area contributed by atoms with Gasteiger partial charge in [-0.2, -0.15) is 10.2 Å². The number of rotatable bonds is 5. The number of halogens is 1. The molecule has 0 aliphatic carbocycles. The van der Waals surface area contributed by atoms with Gasteiger partial charge in [-0.25, -0.2) is 5.43 Å². The van der Waals surface area contributed by atoms with Crippen molar-refractivity contribution in [1.82, 2.24) is 15.6 Å². The molecule has 0 saturated heterocycles. The monoisotopic (exact) mass is 369 g/mol.